The lowest BCUT2D eigenvalue weighted by atomic mass is 10.1. The fourth-order valence-corrected chi connectivity index (χ4v) is 1.76. The van der Waals surface area contributed by atoms with Gasteiger partial charge in [-0.15, -0.1) is 0 Å². The summed E-state index contributed by atoms with van der Waals surface area (Å²) in [6.45, 7) is -0.449. The van der Waals surface area contributed by atoms with Gasteiger partial charge in [0, 0.05) is 5.56 Å². The molecular formula is C13H13F3O3. The molecule has 0 N–H and O–H groups in total. The number of carbonyl (C=O) groups is 1. The molecule has 1 fully saturated rings. The molecule has 0 aromatic heterocycles. The fourth-order valence-electron chi connectivity index (χ4n) is 1.76. The van der Waals surface area contributed by atoms with Crippen LogP contribution in [0.2, 0.25) is 0 Å². The van der Waals surface area contributed by atoms with Crippen molar-refractivity contribution in [2.24, 2.45) is 5.41 Å². The highest BCUT2D eigenvalue weighted by Gasteiger charge is 2.63. The summed E-state index contributed by atoms with van der Waals surface area (Å²) in [6, 6.07) is 4.37. The molecule has 19 heavy (non-hydrogen) atoms. The van der Waals surface area contributed by atoms with Crippen molar-refractivity contribution in [3.8, 4) is 11.5 Å². The third-order valence-electron chi connectivity index (χ3n) is 3.28. The zero-order chi connectivity index (χ0) is 14.1. The van der Waals surface area contributed by atoms with Crippen LogP contribution in [-0.4, -0.2) is 26.2 Å². The predicted molar refractivity (Wildman–Crippen MR) is 61.6 cm³/mol. The highest BCUT2D eigenvalue weighted by Crippen LogP contribution is 2.57. The number of alkyl halides is 3. The molecule has 1 aromatic carbocycles. The van der Waals surface area contributed by atoms with Gasteiger partial charge in [0.1, 0.15) is 18.3 Å². The molecule has 1 aliphatic carbocycles. The van der Waals surface area contributed by atoms with E-state index in [9.17, 15) is 18.0 Å². The lowest BCUT2D eigenvalue weighted by molar-refractivity contribution is -0.194. The summed E-state index contributed by atoms with van der Waals surface area (Å²) >= 11 is 0. The van der Waals surface area contributed by atoms with Crippen LogP contribution in [0.1, 0.15) is 23.2 Å². The van der Waals surface area contributed by atoms with E-state index in [1.54, 1.807) is 0 Å². The summed E-state index contributed by atoms with van der Waals surface area (Å²) in [4.78, 5) is 10.7. The zero-order valence-corrected chi connectivity index (χ0v) is 10.3. The Hall–Kier alpha value is -1.72. The van der Waals surface area contributed by atoms with E-state index < -0.39 is 18.2 Å². The van der Waals surface area contributed by atoms with Gasteiger partial charge in [0.25, 0.3) is 0 Å². The first kappa shape index (κ1) is 13.7. The molecule has 2 rings (SSSR count). The normalized spacial score (nSPS) is 16.8. The molecule has 0 heterocycles. The van der Waals surface area contributed by atoms with Crippen LogP contribution in [0.3, 0.4) is 0 Å². The molecule has 1 saturated carbocycles. The number of rotatable bonds is 5. The van der Waals surface area contributed by atoms with E-state index in [4.69, 9.17) is 9.47 Å². The average molecular weight is 274 g/mol. The minimum atomic E-state index is -4.26. The largest absolute Gasteiger partial charge is 0.493 e. The number of methoxy groups -OCH3 is 1. The van der Waals surface area contributed by atoms with Crippen molar-refractivity contribution in [2.75, 3.05) is 13.7 Å². The fraction of sp³-hybridized carbons (Fsp3) is 0.462. The number of hydrogen-bond acceptors (Lipinski definition) is 3. The highest BCUT2D eigenvalue weighted by atomic mass is 19.4. The first-order valence-electron chi connectivity index (χ1n) is 5.75. The first-order valence-corrected chi connectivity index (χ1v) is 5.75. The highest BCUT2D eigenvalue weighted by molar-refractivity contribution is 5.76. The average Bonchev–Trinajstić information content (AvgIpc) is 3.16. The van der Waals surface area contributed by atoms with Crippen LogP contribution >= 0.6 is 0 Å². The Morgan fingerprint density at radius 1 is 1.32 bits per heavy atom. The van der Waals surface area contributed by atoms with Gasteiger partial charge in [0.15, 0.2) is 11.5 Å². The van der Waals surface area contributed by atoms with Crippen LogP contribution in [0.5, 0.6) is 11.5 Å². The Morgan fingerprint density at radius 2 is 2.00 bits per heavy atom. The van der Waals surface area contributed by atoms with Crippen molar-refractivity contribution in [1.82, 2.24) is 0 Å². The summed E-state index contributed by atoms with van der Waals surface area (Å²) in [5, 5.41) is 0. The van der Waals surface area contributed by atoms with Gasteiger partial charge in [0.05, 0.1) is 7.11 Å². The van der Waals surface area contributed by atoms with Gasteiger partial charge in [-0.3, -0.25) is 4.79 Å². The van der Waals surface area contributed by atoms with Crippen LogP contribution in [0.25, 0.3) is 0 Å². The van der Waals surface area contributed by atoms with Gasteiger partial charge >= 0.3 is 6.18 Å². The molecule has 6 heteroatoms. The van der Waals surface area contributed by atoms with E-state index >= 15 is 0 Å². The van der Waals surface area contributed by atoms with Crippen molar-refractivity contribution >= 4 is 6.29 Å². The molecule has 0 atom stereocenters. The molecule has 0 aliphatic heterocycles. The topological polar surface area (TPSA) is 35.5 Å². The number of aldehydes is 1. The van der Waals surface area contributed by atoms with Crippen molar-refractivity contribution in [3.05, 3.63) is 23.8 Å². The van der Waals surface area contributed by atoms with Gasteiger partial charge in [-0.1, -0.05) is 0 Å². The lowest BCUT2D eigenvalue weighted by Crippen LogP contribution is -2.30. The van der Waals surface area contributed by atoms with E-state index in [0.29, 0.717) is 17.6 Å². The molecule has 0 unspecified atom stereocenters. The van der Waals surface area contributed by atoms with Crippen molar-refractivity contribution in [2.45, 2.75) is 19.0 Å². The van der Waals surface area contributed by atoms with E-state index in [1.807, 2.05) is 0 Å². The minimum Gasteiger partial charge on any atom is -0.493 e. The maximum absolute atomic E-state index is 12.8. The minimum absolute atomic E-state index is 0.0756. The quantitative estimate of drug-likeness (QED) is 0.773. The summed E-state index contributed by atoms with van der Waals surface area (Å²) in [7, 11) is 1.39. The van der Waals surface area contributed by atoms with Gasteiger partial charge in [0.2, 0.25) is 0 Å². The second-order valence-corrected chi connectivity index (χ2v) is 4.59. The van der Waals surface area contributed by atoms with Crippen LogP contribution in [-0.2, 0) is 0 Å². The second kappa shape index (κ2) is 4.75. The van der Waals surface area contributed by atoms with E-state index in [1.165, 1.54) is 25.3 Å². The number of hydrogen-bond donors (Lipinski definition) is 0. The molecule has 0 radical (unpaired) electrons. The van der Waals surface area contributed by atoms with Crippen LogP contribution < -0.4 is 9.47 Å². The predicted octanol–water partition coefficient (Wildman–Crippen LogP) is 3.23. The van der Waals surface area contributed by atoms with E-state index in [-0.39, 0.29) is 18.6 Å². The second-order valence-electron chi connectivity index (χ2n) is 4.59. The molecule has 3 nitrogen and oxygen atoms in total. The van der Waals surface area contributed by atoms with Gasteiger partial charge in [-0.2, -0.15) is 13.2 Å². The Labute approximate surface area is 108 Å². The summed E-state index contributed by atoms with van der Waals surface area (Å²) in [5.41, 5.74) is -1.41. The molecular weight excluding hydrogens is 261 g/mol. The van der Waals surface area contributed by atoms with E-state index in [0.717, 1.165) is 0 Å². The van der Waals surface area contributed by atoms with Crippen molar-refractivity contribution in [1.29, 1.82) is 0 Å². The molecule has 1 aliphatic rings. The summed E-state index contributed by atoms with van der Waals surface area (Å²) in [6.07, 6.45) is -3.51. The smallest absolute Gasteiger partial charge is 0.397 e. The summed E-state index contributed by atoms with van der Waals surface area (Å²) in [5.74, 6) is 0.464. The maximum atomic E-state index is 12.8. The Balaban J connectivity index is 2.13. The standard InChI is InChI=1S/C13H13F3O3/c1-18-10-3-2-9(7-17)6-11(10)19-8-12(4-5-12)13(14,15)16/h2-3,6-7H,4-5,8H2,1H3. The van der Waals surface area contributed by atoms with Gasteiger partial charge < -0.3 is 9.47 Å². The van der Waals surface area contributed by atoms with Crippen LogP contribution in [0, 0.1) is 5.41 Å². The molecule has 0 bridgehead atoms. The summed E-state index contributed by atoms with van der Waals surface area (Å²) < 4.78 is 48.5. The third kappa shape index (κ3) is 2.67. The number of halogens is 3. The van der Waals surface area contributed by atoms with Crippen molar-refractivity contribution < 1.29 is 27.4 Å². The van der Waals surface area contributed by atoms with Crippen LogP contribution in [0.15, 0.2) is 18.2 Å². The van der Waals surface area contributed by atoms with Gasteiger partial charge in [-0.05, 0) is 31.0 Å². The third-order valence-corrected chi connectivity index (χ3v) is 3.28. The Morgan fingerprint density at radius 3 is 2.47 bits per heavy atom. The SMILES string of the molecule is COc1ccc(C=O)cc1OCC1(C(F)(F)F)CC1. The van der Waals surface area contributed by atoms with Gasteiger partial charge in [-0.25, -0.2) is 0 Å². The lowest BCUT2D eigenvalue weighted by Gasteiger charge is -2.20. The molecule has 0 saturated heterocycles. The number of carbonyl (C=O) groups excluding carboxylic acids is 1. The van der Waals surface area contributed by atoms with E-state index in [2.05, 4.69) is 0 Å². The maximum Gasteiger partial charge on any atom is 0.397 e. The van der Waals surface area contributed by atoms with Crippen LogP contribution in [0.4, 0.5) is 13.2 Å². The molecule has 104 valence electrons. The van der Waals surface area contributed by atoms with Crippen molar-refractivity contribution in [3.63, 3.8) is 0 Å². The Kier molecular flexibility index (Phi) is 3.43. The number of ether oxygens (including phenoxy) is 2. The molecule has 1 aromatic rings. The molecule has 0 spiro atoms. The monoisotopic (exact) mass is 274 g/mol. The number of benzene rings is 1. The zero-order valence-electron chi connectivity index (χ0n) is 10.3. The Bertz CT molecular complexity index is 479. The first-order chi connectivity index (χ1) is 8.92. The molecule has 0 amide bonds.